The molecule has 3 N–H and O–H groups in total. The molecule has 2 unspecified atom stereocenters. The van der Waals surface area contributed by atoms with Crippen LogP contribution in [0.25, 0.3) is 10.9 Å². The van der Waals surface area contributed by atoms with Crippen LogP contribution in [0.15, 0.2) is 18.2 Å². The minimum Gasteiger partial charge on any atom is -0.393 e. The van der Waals surface area contributed by atoms with Gasteiger partial charge in [-0.1, -0.05) is 12.1 Å². The van der Waals surface area contributed by atoms with E-state index in [0.29, 0.717) is 5.52 Å². The van der Waals surface area contributed by atoms with Gasteiger partial charge >= 0.3 is 0 Å². The lowest BCUT2D eigenvalue weighted by Gasteiger charge is -2.28. The van der Waals surface area contributed by atoms with E-state index >= 15 is 0 Å². The zero-order chi connectivity index (χ0) is 13.4. The summed E-state index contributed by atoms with van der Waals surface area (Å²) in [7, 11) is 0. The Balaban J connectivity index is 1.96. The van der Waals surface area contributed by atoms with Gasteiger partial charge in [0, 0.05) is 23.5 Å². The number of hydrogen-bond acceptors (Lipinski definition) is 2. The number of aryl methyl sites for hydroxylation is 1. The maximum absolute atomic E-state index is 13.7. The molecule has 0 aliphatic carbocycles. The topological polar surface area (TPSA) is 48.0 Å². The summed E-state index contributed by atoms with van der Waals surface area (Å²) in [6, 6.07) is 5.16. The van der Waals surface area contributed by atoms with Crippen molar-refractivity contribution in [2.45, 2.75) is 25.9 Å². The number of nitrogens with one attached hydrogen (secondary N) is 2. The minimum absolute atomic E-state index is 0.203. The Morgan fingerprint density at radius 1 is 1.42 bits per heavy atom. The van der Waals surface area contributed by atoms with Crippen molar-refractivity contribution in [3.05, 3.63) is 35.3 Å². The van der Waals surface area contributed by atoms with Gasteiger partial charge in [-0.2, -0.15) is 0 Å². The molecule has 1 aromatic carbocycles. The van der Waals surface area contributed by atoms with Crippen molar-refractivity contribution in [2.75, 3.05) is 13.1 Å². The van der Waals surface area contributed by atoms with E-state index < -0.39 is 0 Å². The van der Waals surface area contributed by atoms with Gasteiger partial charge in [0.1, 0.15) is 5.82 Å². The number of para-hydroxylation sites is 1. The highest BCUT2D eigenvalue weighted by atomic mass is 19.1. The molecule has 1 saturated heterocycles. The van der Waals surface area contributed by atoms with Crippen molar-refractivity contribution in [2.24, 2.45) is 5.92 Å². The Bertz CT molecular complexity index is 593. The summed E-state index contributed by atoms with van der Waals surface area (Å²) >= 11 is 0. The standard InChI is InChI=1S/C15H19FN2O/c1-9-12(7-10-8-17-6-5-14(10)19)11-3-2-4-13(16)15(11)18-9/h2-4,10,14,17-19H,5-8H2,1H3. The van der Waals surface area contributed by atoms with Crippen LogP contribution in [0.2, 0.25) is 0 Å². The largest absolute Gasteiger partial charge is 0.393 e. The number of rotatable bonds is 2. The van der Waals surface area contributed by atoms with Crippen LogP contribution < -0.4 is 5.32 Å². The number of piperidine rings is 1. The monoisotopic (exact) mass is 262 g/mol. The van der Waals surface area contributed by atoms with Crippen molar-refractivity contribution >= 4 is 10.9 Å². The molecule has 4 heteroatoms. The van der Waals surface area contributed by atoms with Gasteiger partial charge in [0.2, 0.25) is 0 Å². The van der Waals surface area contributed by atoms with E-state index in [4.69, 9.17) is 0 Å². The van der Waals surface area contributed by atoms with Crippen LogP contribution in [-0.4, -0.2) is 29.3 Å². The summed E-state index contributed by atoms with van der Waals surface area (Å²) in [4.78, 5) is 3.12. The second-order valence-corrected chi connectivity index (χ2v) is 5.42. The summed E-state index contributed by atoms with van der Waals surface area (Å²) in [5, 5.41) is 14.3. The molecule has 2 aromatic rings. The van der Waals surface area contributed by atoms with Crippen molar-refractivity contribution < 1.29 is 9.50 Å². The Kier molecular flexibility index (Phi) is 3.29. The Hall–Kier alpha value is -1.39. The lowest BCUT2D eigenvalue weighted by molar-refractivity contribution is 0.0792. The van der Waals surface area contributed by atoms with E-state index in [9.17, 15) is 9.50 Å². The fourth-order valence-corrected chi connectivity index (χ4v) is 3.01. The summed E-state index contributed by atoms with van der Waals surface area (Å²) < 4.78 is 13.7. The number of aromatic amines is 1. The molecule has 1 aliphatic heterocycles. The van der Waals surface area contributed by atoms with Gasteiger partial charge < -0.3 is 15.4 Å². The van der Waals surface area contributed by atoms with Crippen LogP contribution >= 0.6 is 0 Å². The van der Waals surface area contributed by atoms with Crippen LogP contribution in [0, 0.1) is 18.7 Å². The third-order valence-electron chi connectivity index (χ3n) is 4.14. The number of aliphatic hydroxyl groups is 1. The molecule has 0 saturated carbocycles. The fourth-order valence-electron chi connectivity index (χ4n) is 3.01. The molecule has 19 heavy (non-hydrogen) atoms. The Morgan fingerprint density at radius 3 is 3.05 bits per heavy atom. The maximum Gasteiger partial charge on any atom is 0.147 e. The van der Waals surface area contributed by atoms with E-state index in [2.05, 4.69) is 10.3 Å². The molecule has 2 atom stereocenters. The highest BCUT2D eigenvalue weighted by Gasteiger charge is 2.25. The Labute approximate surface area is 111 Å². The summed E-state index contributed by atoms with van der Waals surface area (Å²) in [5.41, 5.74) is 2.70. The highest BCUT2D eigenvalue weighted by Crippen LogP contribution is 2.28. The van der Waals surface area contributed by atoms with Gasteiger partial charge in [0.05, 0.1) is 11.6 Å². The molecule has 1 aliphatic rings. The summed E-state index contributed by atoms with van der Waals surface area (Å²) in [6.45, 7) is 3.67. The lowest BCUT2D eigenvalue weighted by Crippen LogP contribution is -2.40. The molecule has 102 valence electrons. The molecule has 0 bridgehead atoms. The lowest BCUT2D eigenvalue weighted by atomic mass is 9.89. The fraction of sp³-hybridized carbons (Fsp3) is 0.467. The Morgan fingerprint density at radius 2 is 2.26 bits per heavy atom. The minimum atomic E-state index is -0.265. The molecular formula is C15H19FN2O. The first-order valence-electron chi connectivity index (χ1n) is 6.81. The smallest absolute Gasteiger partial charge is 0.147 e. The molecule has 3 nitrogen and oxygen atoms in total. The molecule has 1 aromatic heterocycles. The second-order valence-electron chi connectivity index (χ2n) is 5.42. The molecule has 0 spiro atoms. The summed E-state index contributed by atoms with van der Waals surface area (Å²) in [5.74, 6) is -0.0103. The van der Waals surface area contributed by atoms with Gasteiger partial charge in [-0.15, -0.1) is 0 Å². The maximum atomic E-state index is 13.7. The van der Waals surface area contributed by atoms with Crippen LogP contribution in [0.5, 0.6) is 0 Å². The van der Waals surface area contributed by atoms with Gasteiger partial charge in [-0.3, -0.25) is 0 Å². The number of H-pyrrole nitrogens is 1. The van der Waals surface area contributed by atoms with Gasteiger partial charge in [-0.25, -0.2) is 4.39 Å². The third kappa shape index (κ3) is 2.26. The van der Waals surface area contributed by atoms with Crippen LogP contribution in [0.4, 0.5) is 4.39 Å². The van der Waals surface area contributed by atoms with Gasteiger partial charge in [-0.05, 0) is 37.9 Å². The number of benzene rings is 1. The molecule has 0 amide bonds. The van der Waals surface area contributed by atoms with E-state index in [-0.39, 0.29) is 17.8 Å². The van der Waals surface area contributed by atoms with E-state index in [0.717, 1.165) is 42.6 Å². The van der Waals surface area contributed by atoms with Crippen LogP contribution in [-0.2, 0) is 6.42 Å². The highest BCUT2D eigenvalue weighted by molar-refractivity contribution is 5.85. The number of halogens is 1. The molecule has 3 rings (SSSR count). The average Bonchev–Trinajstić information content (AvgIpc) is 2.71. The first-order valence-corrected chi connectivity index (χ1v) is 6.81. The van der Waals surface area contributed by atoms with Crippen molar-refractivity contribution in [3.8, 4) is 0 Å². The summed E-state index contributed by atoms with van der Waals surface area (Å²) in [6.07, 6.45) is 1.31. The van der Waals surface area contributed by atoms with Gasteiger partial charge in [0.15, 0.2) is 0 Å². The second kappa shape index (κ2) is 4.94. The zero-order valence-electron chi connectivity index (χ0n) is 11.0. The SMILES string of the molecule is Cc1[nH]c2c(F)cccc2c1CC1CNCCC1O. The predicted molar refractivity (Wildman–Crippen MR) is 73.7 cm³/mol. The third-order valence-corrected chi connectivity index (χ3v) is 4.14. The van der Waals surface area contributed by atoms with E-state index in [1.54, 1.807) is 6.07 Å². The normalized spacial score (nSPS) is 23.9. The van der Waals surface area contributed by atoms with Crippen molar-refractivity contribution in [3.63, 3.8) is 0 Å². The number of aliphatic hydroxyl groups excluding tert-OH is 1. The quantitative estimate of drug-likeness (QED) is 0.776. The first-order chi connectivity index (χ1) is 9.16. The van der Waals surface area contributed by atoms with Crippen LogP contribution in [0.1, 0.15) is 17.7 Å². The first kappa shape index (κ1) is 12.6. The number of hydrogen-bond donors (Lipinski definition) is 3. The van der Waals surface area contributed by atoms with E-state index in [1.807, 2.05) is 13.0 Å². The van der Waals surface area contributed by atoms with Gasteiger partial charge in [0.25, 0.3) is 0 Å². The molecule has 2 heterocycles. The molecule has 1 fully saturated rings. The zero-order valence-corrected chi connectivity index (χ0v) is 11.0. The van der Waals surface area contributed by atoms with Crippen molar-refractivity contribution in [1.82, 2.24) is 10.3 Å². The van der Waals surface area contributed by atoms with Crippen molar-refractivity contribution in [1.29, 1.82) is 0 Å². The van der Waals surface area contributed by atoms with Crippen LogP contribution in [0.3, 0.4) is 0 Å². The number of fused-ring (bicyclic) bond motifs is 1. The predicted octanol–water partition coefficient (Wildman–Crippen LogP) is 2.13. The molecule has 0 radical (unpaired) electrons. The average molecular weight is 262 g/mol. The molecular weight excluding hydrogens is 243 g/mol. The van der Waals surface area contributed by atoms with E-state index in [1.165, 1.54) is 6.07 Å². The number of aromatic nitrogens is 1.